The Balaban J connectivity index is 2.28. The largest absolute Gasteiger partial charge is 0.334 e. The van der Waals surface area contributed by atoms with Crippen LogP contribution in [-0.4, -0.2) is 37.0 Å². The zero-order valence-corrected chi connectivity index (χ0v) is 8.96. The average molecular weight is 219 g/mol. The van der Waals surface area contributed by atoms with Crippen molar-refractivity contribution in [2.75, 3.05) is 18.6 Å². The van der Waals surface area contributed by atoms with Gasteiger partial charge in [0, 0.05) is 12.7 Å². The van der Waals surface area contributed by atoms with Crippen molar-refractivity contribution in [3.8, 4) is 0 Å². The minimum atomic E-state index is -0.556. The van der Waals surface area contributed by atoms with Gasteiger partial charge in [-0.3, -0.25) is 9.59 Å². The Morgan fingerprint density at radius 1 is 1.44 bits per heavy atom. The van der Waals surface area contributed by atoms with Crippen LogP contribution in [0.25, 0.3) is 0 Å². The van der Waals surface area contributed by atoms with Gasteiger partial charge in [-0.25, -0.2) is 10.4 Å². The van der Waals surface area contributed by atoms with E-state index < -0.39 is 11.9 Å². The summed E-state index contributed by atoms with van der Waals surface area (Å²) in [6.07, 6.45) is -0.190. The number of nitrogens with one attached hydrogen (secondary N) is 1. The van der Waals surface area contributed by atoms with Crippen LogP contribution in [-0.2, 0) is 9.59 Å². The number of aldehydes is 1. The summed E-state index contributed by atoms with van der Waals surface area (Å²) in [4.78, 5) is 23.9. The third kappa shape index (κ3) is 1.82. The monoisotopic (exact) mass is 219 g/mol. The van der Waals surface area contributed by atoms with E-state index in [0.717, 1.165) is 5.69 Å². The lowest BCUT2D eigenvalue weighted by molar-refractivity contribution is -0.132. The van der Waals surface area contributed by atoms with Gasteiger partial charge in [-0.1, -0.05) is 18.2 Å². The number of anilines is 1. The fourth-order valence-corrected chi connectivity index (χ4v) is 1.83. The summed E-state index contributed by atoms with van der Waals surface area (Å²) >= 11 is 0. The van der Waals surface area contributed by atoms with E-state index in [4.69, 9.17) is 0 Å². The summed E-state index contributed by atoms with van der Waals surface area (Å²) in [5.41, 5.74) is 3.93. The smallest absolute Gasteiger partial charge is 0.233 e. The number of carbonyl (C=O) groups is 2. The average Bonchev–Trinajstić information content (AvgIpc) is 2.71. The molecular formula is C11H13N3O2. The summed E-state index contributed by atoms with van der Waals surface area (Å²) in [5.74, 6) is -0.448. The second kappa shape index (κ2) is 4.42. The number of Topliss-reactive ketones (excluding diaryl/α,β-unsaturated/α-hetero) is 1. The number of carbonyl (C=O) groups excluding carboxylic acids is 2. The molecule has 0 aromatic heterocycles. The van der Waals surface area contributed by atoms with Crippen molar-refractivity contribution >= 4 is 17.8 Å². The van der Waals surface area contributed by atoms with Crippen molar-refractivity contribution in [2.24, 2.45) is 0 Å². The van der Waals surface area contributed by atoms with E-state index in [2.05, 4.69) is 5.43 Å². The van der Waals surface area contributed by atoms with Gasteiger partial charge in [0.1, 0.15) is 0 Å². The molecule has 1 saturated heterocycles. The molecule has 1 unspecified atom stereocenters. The molecule has 1 fully saturated rings. The number of hydrazine groups is 1. The minimum Gasteiger partial charge on any atom is -0.334 e. The van der Waals surface area contributed by atoms with Crippen molar-refractivity contribution in [3.05, 3.63) is 30.3 Å². The first kappa shape index (κ1) is 10.8. The molecule has 2 rings (SSSR count). The van der Waals surface area contributed by atoms with Gasteiger partial charge < -0.3 is 4.90 Å². The lowest BCUT2D eigenvalue weighted by atomic mass is 10.2. The molecule has 1 aromatic rings. The van der Waals surface area contributed by atoms with Gasteiger partial charge in [-0.05, 0) is 12.1 Å². The lowest BCUT2D eigenvalue weighted by Gasteiger charge is -2.25. The predicted octanol–water partition coefficient (Wildman–Crippen LogP) is -0.00540. The van der Waals surface area contributed by atoms with Gasteiger partial charge in [-0.15, -0.1) is 0 Å². The Kier molecular flexibility index (Phi) is 2.98. The van der Waals surface area contributed by atoms with Crippen LogP contribution in [0.5, 0.6) is 0 Å². The highest BCUT2D eigenvalue weighted by Crippen LogP contribution is 2.20. The zero-order valence-electron chi connectivity index (χ0n) is 8.96. The van der Waals surface area contributed by atoms with E-state index >= 15 is 0 Å². The molecule has 84 valence electrons. The molecule has 0 radical (unpaired) electrons. The quantitative estimate of drug-likeness (QED) is 0.572. The number of nitrogens with zero attached hydrogens (tertiary/aromatic N) is 2. The molecule has 1 aliphatic rings. The third-order valence-corrected chi connectivity index (χ3v) is 2.61. The molecule has 1 aliphatic heterocycles. The number of para-hydroxylation sites is 1. The first-order valence-electron chi connectivity index (χ1n) is 5.01. The van der Waals surface area contributed by atoms with E-state index in [1.807, 2.05) is 35.2 Å². The SMILES string of the molecule is CN1NCN(c2ccccc2)C1C(=O)C=O. The second-order valence-corrected chi connectivity index (χ2v) is 3.63. The van der Waals surface area contributed by atoms with E-state index in [9.17, 15) is 9.59 Å². The van der Waals surface area contributed by atoms with Gasteiger partial charge in [0.25, 0.3) is 0 Å². The van der Waals surface area contributed by atoms with Crippen molar-refractivity contribution < 1.29 is 9.59 Å². The summed E-state index contributed by atoms with van der Waals surface area (Å²) < 4.78 is 0. The fraction of sp³-hybridized carbons (Fsp3) is 0.273. The number of hydrogen-bond acceptors (Lipinski definition) is 5. The molecule has 16 heavy (non-hydrogen) atoms. The van der Waals surface area contributed by atoms with Crippen LogP contribution in [0.2, 0.25) is 0 Å². The topological polar surface area (TPSA) is 52.6 Å². The Morgan fingerprint density at radius 2 is 2.12 bits per heavy atom. The predicted molar refractivity (Wildman–Crippen MR) is 59.5 cm³/mol. The van der Waals surface area contributed by atoms with Crippen LogP contribution in [0.1, 0.15) is 0 Å². The molecule has 1 atom stereocenters. The van der Waals surface area contributed by atoms with Crippen LogP contribution in [0.3, 0.4) is 0 Å². The Morgan fingerprint density at radius 3 is 2.75 bits per heavy atom. The Bertz CT molecular complexity index is 393. The number of rotatable bonds is 3. The first-order valence-corrected chi connectivity index (χ1v) is 5.01. The van der Waals surface area contributed by atoms with Crippen LogP contribution in [0.4, 0.5) is 5.69 Å². The highest BCUT2D eigenvalue weighted by molar-refractivity contribution is 6.28. The maximum absolute atomic E-state index is 11.5. The minimum absolute atomic E-state index is 0.365. The second-order valence-electron chi connectivity index (χ2n) is 3.63. The lowest BCUT2D eigenvalue weighted by Crippen LogP contribution is -2.45. The van der Waals surface area contributed by atoms with Gasteiger partial charge in [-0.2, -0.15) is 0 Å². The van der Waals surface area contributed by atoms with E-state index in [0.29, 0.717) is 13.0 Å². The third-order valence-electron chi connectivity index (χ3n) is 2.61. The van der Waals surface area contributed by atoms with Crippen molar-refractivity contribution in [1.82, 2.24) is 10.4 Å². The van der Waals surface area contributed by atoms with Crippen LogP contribution in [0.15, 0.2) is 30.3 Å². The molecule has 1 N–H and O–H groups in total. The Hall–Kier alpha value is -1.72. The van der Waals surface area contributed by atoms with Crippen LogP contribution < -0.4 is 10.3 Å². The van der Waals surface area contributed by atoms with Gasteiger partial charge in [0.05, 0.1) is 6.67 Å². The number of benzene rings is 1. The molecule has 0 saturated carbocycles. The molecular weight excluding hydrogens is 206 g/mol. The maximum Gasteiger partial charge on any atom is 0.233 e. The molecule has 5 heteroatoms. The van der Waals surface area contributed by atoms with Gasteiger partial charge in [0.2, 0.25) is 5.78 Å². The summed E-state index contributed by atoms with van der Waals surface area (Å²) in [6.45, 7) is 0.519. The Labute approximate surface area is 93.6 Å². The number of ketones is 1. The standard InChI is InChI=1S/C11H13N3O2/c1-13-11(10(16)7-15)14(8-12-13)9-5-3-2-4-6-9/h2-7,11-12H,8H2,1H3. The molecule has 5 nitrogen and oxygen atoms in total. The normalized spacial score (nSPS) is 21.1. The highest BCUT2D eigenvalue weighted by atomic mass is 16.2. The van der Waals surface area contributed by atoms with Crippen molar-refractivity contribution in [3.63, 3.8) is 0 Å². The van der Waals surface area contributed by atoms with Gasteiger partial charge >= 0.3 is 0 Å². The first-order chi connectivity index (χ1) is 7.74. The van der Waals surface area contributed by atoms with Crippen molar-refractivity contribution in [1.29, 1.82) is 0 Å². The molecule has 1 aromatic carbocycles. The van der Waals surface area contributed by atoms with E-state index in [-0.39, 0.29) is 0 Å². The van der Waals surface area contributed by atoms with Crippen LogP contribution in [0, 0.1) is 0 Å². The molecule has 0 aliphatic carbocycles. The highest BCUT2D eigenvalue weighted by Gasteiger charge is 2.34. The summed E-state index contributed by atoms with van der Waals surface area (Å²) in [7, 11) is 1.75. The number of likely N-dealkylation sites (N-methyl/N-ethyl adjacent to an activating group) is 1. The molecule has 0 spiro atoms. The summed E-state index contributed by atoms with van der Waals surface area (Å²) in [5, 5.41) is 1.64. The molecule has 0 amide bonds. The maximum atomic E-state index is 11.5. The van der Waals surface area contributed by atoms with E-state index in [1.54, 1.807) is 12.1 Å². The van der Waals surface area contributed by atoms with Gasteiger partial charge in [0.15, 0.2) is 12.5 Å². The fourth-order valence-electron chi connectivity index (χ4n) is 1.83. The molecule has 1 heterocycles. The zero-order chi connectivity index (χ0) is 11.5. The summed E-state index contributed by atoms with van der Waals surface area (Å²) in [6, 6.07) is 9.53. The van der Waals surface area contributed by atoms with Crippen molar-refractivity contribution in [2.45, 2.75) is 6.17 Å². The van der Waals surface area contributed by atoms with E-state index in [1.165, 1.54) is 0 Å². The number of hydrogen-bond donors (Lipinski definition) is 1. The van der Waals surface area contributed by atoms with Crippen LogP contribution >= 0.6 is 0 Å². The molecule has 0 bridgehead atoms.